The van der Waals surface area contributed by atoms with E-state index in [2.05, 4.69) is 78.3 Å². The zero-order valence-corrected chi connectivity index (χ0v) is 20.2. The molecule has 2 amide bonds. The van der Waals surface area contributed by atoms with Gasteiger partial charge < -0.3 is 10.6 Å². The van der Waals surface area contributed by atoms with E-state index in [4.69, 9.17) is 0 Å². The first-order chi connectivity index (χ1) is 16.7. The standard InChI is InChI=1S/C29H38N2O3/c1-2-3-4-5-6-7-8-9-10-11-12-13-14-15-16-17-18-22-28(33)30-24-29(34)31-27-21-19-20-26(23-27)25-32/h3-4,6-7,9-10,12-13,15-16,19-21,23,25H,2,5,8,11,14,17-18,22,24H2,1H3,(H,30,33)(H,31,34)/b4-3-,7-6-,10-9-,13-12-,16-15-. The molecule has 0 radical (unpaired) electrons. The van der Waals surface area contributed by atoms with Gasteiger partial charge in [-0.2, -0.15) is 0 Å². The van der Waals surface area contributed by atoms with Crippen LogP contribution < -0.4 is 10.6 Å². The SMILES string of the molecule is CC/C=C\C/C=C\C/C=C\C/C=C\C/C=C\CCCC(=O)NCC(=O)Nc1cccc(C=O)c1. The number of nitrogens with one attached hydrogen (secondary N) is 2. The molecule has 5 nitrogen and oxygen atoms in total. The summed E-state index contributed by atoms with van der Waals surface area (Å²) < 4.78 is 0. The van der Waals surface area contributed by atoms with Crippen molar-refractivity contribution in [3.8, 4) is 0 Å². The lowest BCUT2D eigenvalue weighted by Crippen LogP contribution is -2.32. The number of benzene rings is 1. The highest BCUT2D eigenvalue weighted by Crippen LogP contribution is 2.08. The molecule has 1 aromatic rings. The van der Waals surface area contributed by atoms with Crippen LogP contribution in [0.15, 0.2) is 85.0 Å². The molecule has 1 aromatic carbocycles. The molecule has 0 aliphatic carbocycles. The molecule has 34 heavy (non-hydrogen) atoms. The van der Waals surface area contributed by atoms with Crippen LogP contribution in [0.25, 0.3) is 0 Å². The van der Waals surface area contributed by atoms with Crippen LogP contribution in [-0.2, 0) is 9.59 Å². The van der Waals surface area contributed by atoms with Crippen molar-refractivity contribution in [3.63, 3.8) is 0 Å². The van der Waals surface area contributed by atoms with Crippen molar-refractivity contribution >= 4 is 23.8 Å². The second-order valence-electron chi connectivity index (χ2n) is 7.67. The fourth-order valence-corrected chi connectivity index (χ4v) is 2.91. The highest BCUT2D eigenvalue weighted by Gasteiger charge is 2.06. The van der Waals surface area contributed by atoms with Gasteiger partial charge in [-0.1, -0.05) is 79.8 Å². The van der Waals surface area contributed by atoms with Crippen LogP contribution in [0.2, 0.25) is 0 Å². The molecular formula is C29H38N2O3. The Labute approximate surface area is 204 Å². The molecule has 0 bridgehead atoms. The monoisotopic (exact) mass is 462 g/mol. The van der Waals surface area contributed by atoms with Crippen LogP contribution in [0.3, 0.4) is 0 Å². The molecule has 2 N–H and O–H groups in total. The van der Waals surface area contributed by atoms with E-state index in [0.29, 0.717) is 24.0 Å². The lowest BCUT2D eigenvalue weighted by Gasteiger charge is -2.07. The third kappa shape index (κ3) is 16.2. The molecule has 0 unspecified atom stereocenters. The van der Waals surface area contributed by atoms with Gasteiger partial charge in [-0.15, -0.1) is 0 Å². The lowest BCUT2D eigenvalue weighted by molar-refractivity contribution is -0.124. The van der Waals surface area contributed by atoms with Gasteiger partial charge in [0.2, 0.25) is 11.8 Å². The number of unbranched alkanes of at least 4 members (excludes halogenated alkanes) is 1. The molecule has 182 valence electrons. The van der Waals surface area contributed by atoms with Crippen LogP contribution >= 0.6 is 0 Å². The smallest absolute Gasteiger partial charge is 0.243 e. The van der Waals surface area contributed by atoms with Crippen LogP contribution in [0, 0.1) is 0 Å². The summed E-state index contributed by atoms with van der Waals surface area (Å²) in [5, 5.41) is 5.27. The first-order valence-electron chi connectivity index (χ1n) is 12.0. The molecule has 0 fully saturated rings. The second-order valence-corrected chi connectivity index (χ2v) is 7.67. The minimum atomic E-state index is -0.325. The zero-order chi connectivity index (χ0) is 24.7. The first kappa shape index (κ1) is 28.6. The second kappa shape index (κ2) is 20.2. The van der Waals surface area contributed by atoms with Crippen molar-refractivity contribution in [2.45, 2.75) is 58.3 Å². The van der Waals surface area contributed by atoms with E-state index in [1.165, 1.54) is 0 Å². The summed E-state index contributed by atoms with van der Waals surface area (Å²) in [6, 6.07) is 6.62. The maximum Gasteiger partial charge on any atom is 0.243 e. The van der Waals surface area contributed by atoms with Crippen molar-refractivity contribution in [1.82, 2.24) is 5.32 Å². The topological polar surface area (TPSA) is 75.3 Å². The van der Waals surface area contributed by atoms with Gasteiger partial charge in [0.15, 0.2) is 0 Å². The summed E-state index contributed by atoms with van der Waals surface area (Å²) in [6.45, 7) is 2.05. The van der Waals surface area contributed by atoms with Crippen molar-refractivity contribution in [1.29, 1.82) is 0 Å². The van der Waals surface area contributed by atoms with Gasteiger partial charge in [-0.25, -0.2) is 0 Å². The molecule has 0 spiro atoms. The van der Waals surface area contributed by atoms with Gasteiger partial charge in [0, 0.05) is 17.7 Å². The summed E-state index contributed by atoms with van der Waals surface area (Å²) in [5.74, 6) is -0.474. The Kier molecular flexibility index (Phi) is 16.9. The summed E-state index contributed by atoms with van der Waals surface area (Å²) in [6.07, 6.45) is 29.1. The van der Waals surface area contributed by atoms with Gasteiger partial charge in [0.25, 0.3) is 0 Å². The van der Waals surface area contributed by atoms with E-state index in [0.717, 1.165) is 44.9 Å². The molecule has 0 saturated carbocycles. The van der Waals surface area contributed by atoms with E-state index >= 15 is 0 Å². The van der Waals surface area contributed by atoms with E-state index in [1.54, 1.807) is 24.3 Å². The van der Waals surface area contributed by atoms with Crippen molar-refractivity contribution in [2.75, 3.05) is 11.9 Å². The Morgan fingerprint density at radius 2 is 1.38 bits per heavy atom. The minimum Gasteiger partial charge on any atom is -0.347 e. The fourth-order valence-electron chi connectivity index (χ4n) is 2.91. The fraction of sp³-hybridized carbons (Fsp3) is 0.345. The summed E-state index contributed by atoms with van der Waals surface area (Å²) >= 11 is 0. The van der Waals surface area contributed by atoms with Gasteiger partial charge >= 0.3 is 0 Å². The molecule has 1 rings (SSSR count). The number of carbonyl (C=O) groups excluding carboxylic acids is 3. The number of carbonyl (C=O) groups is 3. The van der Waals surface area contributed by atoms with Crippen LogP contribution in [0.5, 0.6) is 0 Å². The molecule has 0 aromatic heterocycles. The highest BCUT2D eigenvalue weighted by molar-refractivity contribution is 5.95. The third-order valence-electron chi connectivity index (χ3n) is 4.68. The van der Waals surface area contributed by atoms with E-state index in [1.807, 2.05) is 0 Å². The summed E-state index contributed by atoms with van der Waals surface area (Å²) in [4.78, 5) is 34.6. The van der Waals surface area contributed by atoms with E-state index < -0.39 is 0 Å². The quantitative estimate of drug-likeness (QED) is 0.158. The summed E-state index contributed by atoms with van der Waals surface area (Å²) in [5.41, 5.74) is 1.01. The Morgan fingerprint density at radius 1 is 0.794 bits per heavy atom. The Morgan fingerprint density at radius 3 is 1.97 bits per heavy atom. The number of hydrogen-bond donors (Lipinski definition) is 2. The van der Waals surface area contributed by atoms with Gasteiger partial charge in [0.05, 0.1) is 6.54 Å². The molecule has 0 atom stereocenters. The number of aldehydes is 1. The Bertz CT molecular complexity index is 879. The van der Waals surface area contributed by atoms with E-state index in [9.17, 15) is 14.4 Å². The zero-order valence-electron chi connectivity index (χ0n) is 20.2. The predicted octanol–water partition coefficient (Wildman–Crippen LogP) is 6.48. The number of allylic oxidation sites excluding steroid dienone is 10. The summed E-state index contributed by atoms with van der Waals surface area (Å²) in [7, 11) is 0. The van der Waals surface area contributed by atoms with Crippen molar-refractivity contribution in [3.05, 3.63) is 90.6 Å². The maximum absolute atomic E-state index is 11.9. The van der Waals surface area contributed by atoms with Crippen molar-refractivity contribution < 1.29 is 14.4 Å². The highest BCUT2D eigenvalue weighted by atomic mass is 16.2. The number of hydrogen-bond acceptors (Lipinski definition) is 3. The Hall–Kier alpha value is -3.47. The largest absolute Gasteiger partial charge is 0.347 e. The minimum absolute atomic E-state index is 0.0914. The molecule has 0 aliphatic heterocycles. The number of rotatable bonds is 17. The average molecular weight is 463 g/mol. The van der Waals surface area contributed by atoms with Gasteiger partial charge in [0.1, 0.15) is 6.29 Å². The molecule has 5 heteroatoms. The first-order valence-corrected chi connectivity index (χ1v) is 12.0. The lowest BCUT2D eigenvalue weighted by atomic mass is 10.2. The molecule has 0 aliphatic rings. The predicted molar refractivity (Wildman–Crippen MR) is 142 cm³/mol. The van der Waals surface area contributed by atoms with Crippen molar-refractivity contribution in [2.24, 2.45) is 0 Å². The normalized spacial score (nSPS) is 11.9. The average Bonchev–Trinajstić information content (AvgIpc) is 2.84. The number of amides is 2. The third-order valence-corrected chi connectivity index (χ3v) is 4.68. The van der Waals surface area contributed by atoms with E-state index in [-0.39, 0.29) is 18.4 Å². The number of anilines is 1. The van der Waals surface area contributed by atoms with Crippen LogP contribution in [-0.4, -0.2) is 24.6 Å². The maximum atomic E-state index is 11.9. The van der Waals surface area contributed by atoms with Crippen LogP contribution in [0.1, 0.15) is 68.6 Å². The van der Waals surface area contributed by atoms with Gasteiger partial charge in [-0.3, -0.25) is 14.4 Å². The van der Waals surface area contributed by atoms with Crippen LogP contribution in [0.4, 0.5) is 5.69 Å². The Balaban J connectivity index is 2.03. The van der Waals surface area contributed by atoms with Gasteiger partial charge in [-0.05, 0) is 57.1 Å². The molecular weight excluding hydrogens is 424 g/mol. The molecule has 0 saturated heterocycles. The molecule has 0 heterocycles.